The summed E-state index contributed by atoms with van der Waals surface area (Å²) in [5, 5.41) is 1.76. The summed E-state index contributed by atoms with van der Waals surface area (Å²) in [4.78, 5) is 3.93. The monoisotopic (exact) mass is 383 g/mol. The zero-order valence-electron chi connectivity index (χ0n) is 16.5. The van der Waals surface area contributed by atoms with Crippen molar-refractivity contribution in [3.8, 4) is 22.4 Å². The molecule has 0 atom stereocenters. The molecule has 5 rings (SSSR count). The van der Waals surface area contributed by atoms with Gasteiger partial charge in [0.25, 0.3) is 0 Å². The highest BCUT2D eigenvalue weighted by Crippen LogP contribution is 2.37. The Labute approximate surface area is 168 Å². The Hall–Kier alpha value is -3.53. The number of benzene rings is 2. The Morgan fingerprint density at radius 1 is 0.897 bits per heavy atom. The van der Waals surface area contributed by atoms with E-state index in [4.69, 9.17) is 4.42 Å². The van der Waals surface area contributed by atoms with Gasteiger partial charge in [0, 0.05) is 22.4 Å². The second-order valence-electron chi connectivity index (χ2n) is 7.46. The van der Waals surface area contributed by atoms with Crippen LogP contribution in [0.3, 0.4) is 0 Å². The average molecular weight is 383 g/mol. The molecule has 3 nitrogen and oxygen atoms in total. The summed E-state index contributed by atoms with van der Waals surface area (Å²) in [6.45, 7) is 4.19. The molecule has 142 valence electrons. The minimum Gasteiger partial charge on any atom is -0.437 e. The SMILES string of the molecule is Cc1cc(-c2c(C)ccc3c2oc2nc(F)ccc23)[n+](C)cc1-c1ccccc1. The molecule has 0 unspecified atom stereocenters. The molecule has 3 aromatic heterocycles. The molecule has 0 saturated carbocycles. The van der Waals surface area contributed by atoms with Crippen LogP contribution in [-0.2, 0) is 7.05 Å². The first-order valence-electron chi connectivity index (χ1n) is 9.57. The fourth-order valence-electron chi connectivity index (χ4n) is 4.03. The van der Waals surface area contributed by atoms with Crippen LogP contribution in [0.15, 0.2) is 71.3 Å². The fourth-order valence-corrected chi connectivity index (χ4v) is 4.03. The van der Waals surface area contributed by atoms with E-state index in [2.05, 4.69) is 53.9 Å². The van der Waals surface area contributed by atoms with E-state index in [0.29, 0.717) is 5.71 Å². The van der Waals surface area contributed by atoms with Crippen molar-refractivity contribution in [2.75, 3.05) is 0 Å². The van der Waals surface area contributed by atoms with Gasteiger partial charge in [-0.1, -0.05) is 42.5 Å². The standard InChI is InChI=1S/C25H20FN2O/c1-15-9-10-18-19-11-12-22(26)27-25(19)29-24(18)23(15)21-13-16(2)20(14-28(21)3)17-7-5-4-6-8-17/h4-14H,1-3H3/q+1. The number of pyridine rings is 2. The minimum atomic E-state index is -0.538. The van der Waals surface area contributed by atoms with Gasteiger partial charge in [-0.3, -0.25) is 0 Å². The summed E-state index contributed by atoms with van der Waals surface area (Å²) in [5.74, 6) is -0.538. The molecule has 0 N–H and O–H groups in total. The summed E-state index contributed by atoms with van der Waals surface area (Å²) < 4.78 is 21.8. The van der Waals surface area contributed by atoms with Crippen molar-refractivity contribution in [3.63, 3.8) is 0 Å². The molecule has 0 amide bonds. The molecule has 0 spiro atoms. The molecule has 0 radical (unpaired) electrons. The minimum absolute atomic E-state index is 0.326. The van der Waals surface area contributed by atoms with Gasteiger partial charge in [-0.15, -0.1) is 0 Å². The number of nitrogens with zero attached hydrogens (tertiary/aromatic N) is 2. The number of hydrogen-bond donors (Lipinski definition) is 0. The van der Waals surface area contributed by atoms with Crippen molar-refractivity contribution in [1.82, 2.24) is 4.98 Å². The predicted molar refractivity (Wildman–Crippen MR) is 113 cm³/mol. The number of rotatable bonds is 2. The van der Waals surface area contributed by atoms with Gasteiger partial charge in [-0.05, 0) is 42.7 Å². The third-order valence-corrected chi connectivity index (χ3v) is 5.50. The lowest BCUT2D eigenvalue weighted by molar-refractivity contribution is -0.659. The fraction of sp³-hybridized carbons (Fsp3) is 0.120. The Balaban J connectivity index is 1.78. The number of aromatic nitrogens is 2. The quantitative estimate of drug-likeness (QED) is 0.281. The topological polar surface area (TPSA) is 29.9 Å². The molecule has 0 aliphatic rings. The van der Waals surface area contributed by atoms with Crippen molar-refractivity contribution >= 4 is 22.1 Å². The maximum atomic E-state index is 13.6. The van der Waals surface area contributed by atoms with Crippen LogP contribution in [0.1, 0.15) is 11.1 Å². The van der Waals surface area contributed by atoms with Gasteiger partial charge in [-0.25, -0.2) is 4.57 Å². The van der Waals surface area contributed by atoms with Gasteiger partial charge in [0.05, 0.1) is 5.56 Å². The summed E-state index contributed by atoms with van der Waals surface area (Å²) in [7, 11) is 2.04. The highest BCUT2D eigenvalue weighted by atomic mass is 19.1. The van der Waals surface area contributed by atoms with E-state index in [-0.39, 0.29) is 0 Å². The molecule has 5 aromatic rings. The van der Waals surface area contributed by atoms with E-state index in [9.17, 15) is 4.39 Å². The first-order chi connectivity index (χ1) is 14.0. The van der Waals surface area contributed by atoms with Crippen molar-refractivity contribution in [1.29, 1.82) is 0 Å². The van der Waals surface area contributed by atoms with E-state index >= 15 is 0 Å². The summed E-state index contributed by atoms with van der Waals surface area (Å²) in [5.41, 5.74) is 7.77. The van der Waals surface area contributed by atoms with Crippen molar-refractivity contribution in [2.24, 2.45) is 7.05 Å². The average Bonchev–Trinajstić information content (AvgIpc) is 3.07. The molecule has 29 heavy (non-hydrogen) atoms. The lowest BCUT2D eigenvalue weighted by atomic mass is 9.97. The second-order valence-corrected chi connectivity index (χ2v) is 7.46. The van der Waals surface area contributed by atoms with Gasteiger partial charge in [0.1, 0.15) is 7.05 Å². The molecule has 3 heterocycles. The van der Waals surface area contributed by atoms with E-state index < -0.39 is 5.95 Å². The summed E-state index contributed by atoms with van der Waals surface area (Å²) >= 11 is 0. The van der Waals surface area contributed by atoms with Gasteiger partial charge < -0.3 is 4.42 Å². The van der Waals surface area contributed by atoms with Crippen molar-refractivity contribution in [2.45, 2.75) is 13.8 Å². The van der Waals surface area contributed by atoms with Gasteiger partial charge >= 0.3 is 0 Å². The zero-order valence-corrected chi connectivity index (χ0v) is 16.5. The van der Waals surface area contributed by atoms with Gasteiger partial charge in [-0.2, -0.15) is 9.37 Å². The Kier molecular flexibility index (Phi) is 3.95. The van der Waals surface area contributed by atoms with Crippen LogP contribution in [0.2, 0.25) is 0 Å². The van der Waals surface area contributed by atoms with E-state index in [0.717, 1.165) is 33.2 Å². The lowest BCUT2D eigenvalue weighted by Crippen LogP contribution is -2.31. The van der Waals surface area contributed by atoms with Crippen LogP contribution in [0.25, 0.3) is 44.5 Å². The number of aryl methyl sites for hydroxylation is 3. The Morgan fingerprint density at radius 2 is 1.66 bits per heavy atom. The Morgan fingerprint density at radius 3 is 2.45 bits per heavy atom. The molecule has 0 fully saturated rings. The molecule has 0 bridgehead atoms. The first kappa shape index (κ1) is 17.6. The van der Waals surface area contributed by atoms with E-state index in [1.807, 2.05) is 31.3 Å². The number of halogens is 1. The van der Waals surface area contributed by atoms with E-state index in [1.165, 1.54) is 22.8 Å². The second kappa shape index (κ2) is 6.52. The van der Waals surface area contributed by atoms with Crippen LogP contribution in [0.5, 0.6) is 0 Å². The Bertz CT molecular complexity index is 1390. The molecular weight excluding hydrogens is 363 g/mol. The molecule has 4 heteroatoms. The van der Waals surface area contributed by atoms with Crippen LogP contribution in [-0.4, -0.2) is 4.98 Å². The van der Waals surface area contributed by atoms with Crippen LogP contribution in [0.4, 0.5) is 4.39 Å². The largest absolute Gasteiger partial charge is 0.437 e. The predicted octanol–water partition coefficient (Wildman–Crippen LogP) is 5.90. The highest BCUT2D eigenvalue weighted by Gasteiger charge is 2.22. The van der Waals surface area contributed by atoms with E-state index in [1.54, 1.807) is 6.07 Å². The van der Waals surface area contributed by atoms with Gasteiger partial charge in [0.15, 0.2) is 11.8 Å². The summed E-state index contributed by atoms with van der Waals surface area (Å²) in [6.07, 6.45) is 2.15. The zero-order chi connectivity index (χ0) is 20.1. The summed E-state index contributed by atoms with van der Waals surface area (Å²) in [6, 6.07) is 19.7. The number of hydrogen-bond acceptors (Lipinski definition) is 2. The van der Waals surface area contributed by atoms with Crippen molar-refractivity contribution < 1.29 is 13.4 Å². The lowest BCUT2D eigenvalue weighted by Gasteiger charge is -2.10. The molecule has 0 aliphatic heterocycles. The maximum absolute atomic E-state index is 13.6. The molecular formula is C25H20FN2O+. The van der Waals surface area contributed by atoms with Crippen LogP contribution in [0, 0.1) is 19.8 Å². The molecule has 0 aliphatic carbocycles. The molecule has 2 aromatic carbocycles. The van der Waals surface area contributed by atoms with Crippen molar-refractivity contribution in [3.05, 3.63) is 83.9 Å². The first-order valence-corrected chi connectivity index (χ1v) is 9.57. The van der Waals surface area contributed by atoms with Gasteiger partial charge in [0.2, 0.25) is 17.4 Å². The normalized spacial score (nSPS) is 11.4. The number of furan rings is 1. The van der Waals surface area contributed by atoms with Crippen LogP contribution < -0.4 is 4.57 Å². The van der Waals surface area contributed by atoms with Crippen LogP contribution >= 0.6 is 0 Å². The highest BCUT2D eigenvalue weighted by molar-refractivity contribution is 6.08. The number of fused-ring (bicyclic) bond motifs is 3. The smallest absolute Gasteiger partial charge is 0.229 e. The maximum Gasteiger partial charge on any atom is 0.229 e. The molecule has 0 saturated heterocycles. The third kappa shape index (κ3) is 2.80. The third-order valence-electron chi connectivity index (χ3n) is 5.50.